The molecule has 0 radical (unpaired) electrons. The zero-order valence-electron chi connectivity index (χ0n) is 11.2. The predicted molar refractivity (Wildman–Crippen MR) is 74.5 cm³/mol. The van der Waals surface area contributed by atoms with Gasteiger partial charge >= 0.3 is 0 Å². The van der Waals surface area contributed by atoms with Gasteiger partial charge in [-0.2, -0.15) is 0 Å². The van der Waals surface area contributed by atoms with E-state index in [-0.39, 0.29) is 11.5 Å². The molecule has 1 saturated heterocycles. The molecule has 1 heterocycles. The van der Waals surface area contributed by atoms with Crippen molar-refractivity contribution in [3.8, 4) is 5.75 Å². The lowest BCUT2D eigenvalue weighted by Gasteiger charge is -2.31. The molecule has 1 aromatic carbocycles. The Hall–Kier alpha value is -1.27. The molecule has 1 N–H and O–H groups in total. The second-order valence-corrected chi connectivity index (χ2v) is 7.01. The van der Waals surface area contributed by atoms with Gasteiger partial charge in [0.2, 0.25) is 0 Å². The third-order valence-corrected chi connectivity index (χ3v) is 4.98. The van der Waals surface area contributed by atoms with Gasteiger partial charge in [-0.3, -0.25) is 0 Å². The van der Waals surface area contributed by atoms with Gasteiger partial charge in [0.25, 0.3) is 0 Å². The summed E-state index contributed by atoms with van der Waals surface area (Å²) in [7, 11) is -1.35. The molecular weight excluding hydrogens is 266 g/mol. The van der Waals surface area contributed by atoms with Crippen molar-refractivity contribution in [2.24, 2.45) is 0 Å². The molecular formula is C13H19NO4S. The van der Waals surface area contributed by atoms with Crippen LogP contribution in [-0.4, -0.2) is 45.2 Å². The Balaban J connectivity index is 2.35. The fourth-order valence-corrected chi connectivity index (χ4v) is 3.56. The van der Waals surface area contributed by atoms with E-state index in [1.54, 1.807) is 20.1 Å². The molecule has 0 amide bonds. The first-order valence-electron chi connectivity index (χ1n) is 6.25. The van der Waals surface area contributed by atoms with Gasteiger partial charge in [-0.15, -0.1) is 0 Å². The van der Waals surface area contributed by atoms with Gasteiger partial charge in [0.15, 0.2) is 9.84 Å². The summed E-state index contributed by atoms with van der Waals surface area (Å²) in [6, 6.07) is 5.54. The second kappa shape index (κ2) is 5.38. The summed E-state index contributed by atoms with van der Waals surface area (Å²) < 4.78 is 28.2. The average molecular weight is 285 g/mol. The Morgan fingerprint density at radius 2 is 1.95 bits per heavy atom. The third kappa shape index (κ3) is 3.01. The summed E-state index contributed by atoms with van der Waals surface area (Å²) in [6.45, 7) is 2.59. The van der Waals surface area contributed by atoms with Crippen LogP contribution in [0.1, 0.15) is 18.6 Å². The highest BCUT2D eigenvalue weighted by Crippen LogP contribution is 2.35. The summed E-state index contributed by atoms with van der Waals surface area (Å²) in [5, 5.41) is 9.92. The molecule has 1 atom stereocenters. The smallest absolute Gasteiger partial charge is 0.153 e. The Bertz CT molecular complexity index is 540. The van der Waals surface area contributed by atoms with Crippen LogP contribution < -0.4 is 9.64 Å². The molecule has 1 aromatic rings. The molecule has 0 bridgehead atoms. The molecule has 0 aliphatic carbocycles. The van der Waals surface area contributed by atoms with E-state index in [2.05, 4.69) is 0 Å². The number of benzene rings is 1. The zero-order valence-corrected chi connectivity index (χ0v) is 12.0. The summed E-state index contributed by atoms with van der Waals surface area (Å²) in [4.78, 5) is 1.99. The Morgan fingerprint density at radius 3 is 2.47 bits per heavy atom. The molecule has 6 heteroatoms. The first-order chi connectivity index (χ1) is 8.94. The lowest BCUT2D eigenvalue weighted by Crippen LogP contribution is -2.40. The number of methoxy groups -OCH3 is 1. The second-order valence-electron chi connectivity index (χ2n) is 4.71. The molecule has 2 rings (SSSR count). The molecule has 5 nitrogen and oxygen atoms in total. The number of hydrogen-bond acceptors (Lipinski definition) is 5. The first-order valence-corrected chi connectivity index (χ1v) is 8.07. The topological polar surface area (TPSA) is 66.8 Å². The molecule has 1 fully saturated rings. The standard InChI is InChI=1S/C13H19NO4S/c1-10(15)13-11(4-3-5-12(13)18-2)14-6-8-19(16,17)9-7-14/h3-5,10,15H,6-9H2,1-2H3. The van der Waals surface area contributed by atoms with Crippen LogP contribution in [0.5, 0.6) is 5.75 Å². The van der Waals surface area contributed by atoms with E-state index in [4.69, 9.17) is 4.74 Å². The van der Waals surface area contributed by atoms with Gasteiger partial charge in [0.1, 0.15) is 5.75 Å². The van der Waals surface area contributed by atoms with E-state index < -0.39 is 15.9 Å². The molecule has 106 valence electrons. The van der Waals surface area contributed by atoms with Crippen molar-refractivity contribution in [3.63, 3.8) is 0 Å². The van der Waals surface area contributed by atoms with Crippen LogP contribution >= 0.6 is 0 Å². The van der Waals surface area contributed by atoms with Crippen molar-refractivity contribution in [3.05, 3.63) is 23.8 Å². The number of hydrogen-bond donors (Lipinski definition) is 1. The van der Waals surface area contributed by atoms with Gasteiger partial charge < -0.3 is 14.7 Å². The number of nitrogens with zero attached hydrogens (tertiary/aromatic N) is 1. The molecule has 19 heavy (non-hydrogen) atoms. The SMILES string of the molecule is COc1cccc(N2CCS(=O)(=O)CC2)c1C(C)O. The lowest BCUT2D eigenvalue weighted by molar-refractivity contribution is 0.194. The van der Waals surface area contributed by atoms with E-state index >= 15 is 0 Å². The van der Waals surface area contributed by atoms with E-state index in [9.17, 15) is 13.5 Å². The Kier molecular flexibility index (Phi) is 4.01. The van der Waals surface area contributed by atoms with Crippen LogP contribution in [0.25, 0.3) is 0 Å². The zero-order chi connectivity index (χ0) is 14.0. The summed E-state index contributed by atoms with van der Waals surface area (Å²) in [5.41, 5.74) is 1.56. The van der Waals surface area contributed by atoms with E-state index in [0.717, 1.165) is 5.69 Å². The average Bonchev–Trinajstić information content (AvgIpc) is 2.37. The molecule has 0 spiro atoms. The Labute approximate surface area is 113 Å². The largest absolute Gasteiger partial charge is 0.496 e. The van der Waals surface area contributed by atoms with Crippen LogP contribution in [0.2, 0.25) is 0 Å². The van der Waals surface area contributed by atoms with Crippen molar-refractivity contribution >= 4 is 15.5 Å². The Morgan fingerprint density at radius 1 is 1.32 bits per heavy atom. The van der Waals surface area contributed by atoms with E-state index in [1.165, 1.54) is 0 Å². The van der Waals surface area contributed by atoms with Gasteiger partial charge in [-0.1, -0.05) is 6.07 Å². The maximum Gasteiger partial charge on any atom is 0.153 e. The minimum Gasteiger partial charge on any atom is -0.496 e. The number of sulfone groups is 1. The maximum absolute atomic E-state index is 11.5. The highest BCUT2D eigenvalue weighted by molar-refractivity contribution is 7.91. The number of aliphatic hydroxyl groups excluding tert-OH is 1. The molecule has 0 saturated carbocycles. The fourth-order valence-electron chi connectivity index (χ4n) is 2.36. The minimum atomic E-state index is -2.91. The van der Waals surface area contributed by atoms with Gasteiger partial charge in [0.05, 0.1) is 24.7 Å². The van der Waals surface area contributed by atoms with Crippen LogP contribution in [0.15, 0.2) is 18.2 Å². The highest BCUT2D eigenvalue weighted by atomic mass is 32.2. The molecule has 1 aliphatic heterocycles. The fraction of sp³-hybridized carbons (Fsp3) is 0.538. The lowest BCUT2D eigenvalue weighted by atomic mass is 10.1. The first kappa shape index (κ1) is 14.1. The van der Waals surface area contributed by atoms with Crippen LogP contribution in [-0.2, 0) is 9.84 Å². The van der Waals surface area contributed by atoms with Gasteiger partial charge in [-0.25, -0.2) is 8.42 Å². The number of rotatable bonds is 3. The molecule has 1 aliphatic rings. The summed E-state index contributed by atoms with van der Waals surface area (Å²) in [5.74, 6) is 0.938. The van der Waals surface area contributed by atoms with Crippen molar-refractivity contribution in [2.45, 2.75) is 13.0 Å². The predicted octanol–water partition coefficient (Wildman–Crippen LogP) is 0.983. The van der Waals surface area contributed by atoms with Gasteiger partial charge in [0, 0.05) is 24.3 Å². The number of ether oxygens (including phenoxy) is 1. The maximum atomic E-state index is 11.5. The van der Waals surface area contributed by atoms with Crippen molar-refractivity contribution in [1.82, 2.24) is 0 Å². The minimum absolute atomic E-state index is 0.156. The monoisotopic (exact) mass is 285 g/mol. The summed E-state index contributed by atoms with van der Waals surface area (Å²) >= 11 is 0. The normalized spacial score (nSPS) is 20.1. The van der Waals surface area contributed by atoms with Crippen LogP contribution in [0, 0.1) is 0 Å². The quantitative estimate of drug-likeness (QED) is 0.897. The van der Waals surface area contributed by atoms with E-state index in [1.807, 2.05) is 17.0 Å². The third-order valence-electron chi connectivity index (χ3n) is 3.37. The highest BCUT2D eigenvalue weighted by Gasteiger charge is 2.25. The number of aliphatic hydroxyl groups is 1. The van der Waals surface area contributed by atoms with Crippen molar-refractivity contribution < 1.29 is 18.3 Å². The molecule has 0 aromatic heterocycles. The van der Waals surface area contributed by atoms with Crippen LogP contribution in [0.3, 0.4) is 0 Å². The molecule has 1 unspecified atom stereocenters. The van der Waals surface area contributed by atoms with Crippen molar-refractivity contribution in [2.75, 3.05) is 36.6 Å². The van der Waals surface area contributed by atoms with Crippen LogP contribution in [0.4, 0.5) is 5.69 Å². The van der Waals surface area contributed by atoms with Gasteiger partial charge in [-0.05, 0) is 19.1 Å². The van der Waals surface area contributed by atoms with E-state index in [0.29, 0.717) is 24.4 Å². The number of anilines is 1. The summed E-state index contributed by atoms with van der Waals surface area (Å²) in [6.07, 6.45) is -0.662. The van der Waals surface area contributed by atoms with Crippen molar-refractivity contribution in [1.29, 1.82) is 0 Å².